The number of nitrogens with one attached hydrogen (secondary N) is 2. The van der Waals surface area contributed by atoms with Gasteiger partial charge in [-0.3, -0.25) is 4.99 Å². The number of aliphatic hydroxyl groups is 1. The van der Waals surface area contributed by atoms with E-state index in [0.29, 0.717) is 24.6 Å². The smallest absolute Gasteiger partial charge is 0.191 e. The number of halogens is 3. The van der Waals surface area contributed by atoms with Crippen LogP contribution in [0.15, 0.2) is 27.7 Å². The molecule has 3 N–H and O–H groups in total. The average Bonchev–Trinajstić information content (AvgIpc) is 2.53. The van der Waals surface area contributed by atoms with Crippen LogP contribution in [-0.4, -0.2) is 36.3 Å². The molecule has 1 aliphatic carbocycles. The van der Waals surface area contributed by atoms with Crippen LogP contribution in [0.1, 0.15) is 38.2 Å². The topological polar surface area (TPSA) is 56.7 Å². The standard InChI is InChI=1S/C17H25BrFN3O.HI/c1-2-20-17(22-14-4-6-15(23)7-5-14)21-10-9-12-11-13(18)3-8-16(12)19;/h3,8,11,14-15,23H,2,4-7,9-10H2,1H3,(H2,20,21,22);1H. The van der Waals surface area contributed by atoms with Gasteiger partial charge in [-0.1, -0.05) is 15.9 Å². The van der Waals surface area contributed by atoms with Crippen LogP contribution >= 0.6 is 39.9 Å². The Morgan fingerprint density at radius 3 is 2.71 bits per heavy atom. The normalized spacial score (nSPS) is 21.1. The Kier molecular flexibility index (Phi) is 10.1. The molecule has 0 unspecified atom stereocenters. The summed E-state index contributed by atoms with van der Waals surface area (Å²) in [5.41, 5.74) is 0.666. The maximum absolute atomic E-state index is 13.7. The summed E-state index contributed by atoms with van der Waals surface area (Å²) in [6, 6.07) is 5.32. The number of aliphatic imine (C=N–C) groups is 1. The van der Waals surface area contributed by atoms with Gasteiger partial charge in [0, 0.05) is 23.6 Å². The maximum Gasteiger partial charge on any atom is 0.191 e. The zero-order chi connectivity index (χ0) is 16.7. The number of guanidine groups is 1. The van der Waals surface area contributed by atoms with Gasteiger partial charge in [0.05, 0.1) is 6.10 Å². The summed E-state index contributed by atoms with van der Waals surface area (Å²) in [7, 11) is 0. The molecule has 0 aliphatic heterocycles. The lowest BCUT2D eigenvalue weighted by molar-refractivity contribution is 0.120. The molecule has 1 aromatic rings. The van der Waals surface area contributed by atoms with Gasteiger partial charge in [0.15, 0.2) is 5.96 Å². The molecule has 0 saturated heterocycles. The highest BCUT2D eigenvalue weighted by Crippen LogP contribution is 2.18. The van der Waals surface area contributed by atoms with Crippen molar-refractivity contribution in [2.75, 3.05) is 13.1 Å². The maximum atomic E-state index is 13.7. The molecule has 1 saturated carbocycles. The van der Waals surface area contributed by atoms with Gasteiger partial charge in [-0.05, 0) is 62.8 Å². The molecule has 4 nitrogen and oxygen atoms in total. The van der Waals surface area contributed by atoms with E-state index >= 15 is 0 Å². The second-order valence-corrected chi connectivity index (χ2v) is 6.81. The molecule has 1 fully saturated rings. The van der Waals surface area contributed by atoms with Crippen molar-refractivity contribution in [3.8, 4) is 0 Å². The van der Waals surface area contributed by atoms with E-state index in [4.69, 9.17) is 0 Å². The van der Waals surface area contributed by atoms with Gasteiger partial charge < -0.3 is 15.7 Å². The van der Waals surface area contributed by atoms with E-state index in [1.165, 1.54) is 6.07 Å². The minimum atomic E-state index is -0.192. The summed E-state index contributed by atoms with van der Waals surface area (Å²) < 4.78 is 14.6. The number of hydrogen-bond donors (Lipinski definition) is 3. The van der Waals surface area contributed by atoms with Crippen molar-refractivity contribution in [3.63, 3.8) is 0 Å². The Labute approximate surface area is 168 Å². The highest BCUT2D eigenvalue weighted by atomic mass is 127. The van der Waals surface area contributed by atoms with E-state index in [1.807, 2.05) is 6.92 Å². The van der Waals surface area contributed by atoms with Gasteiger partial charge in [0.2, 0.25) is 0 Å². The second-order valence-electron chi connectivity index (χ2n) is 5.90. The Balaban J connectivity index is 0.00000288. The molecule has 1 aromatic carbocycles. The van der Waals surface area contributed by atoms with Crippen molar-refractivity contribution in [2.24, 2.45) is 4.99 Å². The highest BCUT2D eigenvalue weighted by molar-refractivity contribution is 14.0. The number of rotatable bonds is 5. The van der Waals surface area contributed by atoms with Gasteiger partial charge in [-0.15, -0.1) is 24.0 Å². The van der Waals surface area contributed by atoms with Crippen molar-refractivity contribution in [1.29, 1.82) is 0 Å². The molecule has 1 aliphatic rings. The molecule has 0 aromatic heterocycles. The van der Waals surface area contributed by atoms with Gasteiger partial charge in [-0.25, -0.2) is 4.39 Å². The zero-order valence-corrected chi connectivity index (χ0v) is 17.8. The molecular weight excluding hydrogens is 488 g/mol. The summed E-state index contributed by atoms with van der Waals surface area (Å²) in [5, 5.41) is 16.2. The van der Waals surface area contributed by atoms with Crippen molar-refractivity contribution >= 4 is 45.9 Å². The summed E-state index contributed by atoms with van der Waals surface area (Å²) in [4.78, 5) is 4.54. The molecule has 136 valence electrons. The highest BCUT2D eigenvalue weighted by Gasteiger charge is 2.19. The molecule has 0 amide bonds. The van der Waals surface area contributed by atoms with Crippen LogP contribution in [0.25, 0.3) is 0 Å². The summed E-state index contributed by atoms with van der Waals surface area (Å²) in [5.74, 6) is 0.576. The van der Waals surface area contributed by atoms with E-state index in [0.717, 1.165) is 42.7 Å². The average molecular weight is 514 g/mol. The Bertz CT molecular complexity index is 537. The summed E-state index contributed by atoms with van der Waals surface area (Å²) in [6.45, 7) is 3.33. The lowest BCUT2D eigenvalue weighted by Gasteiger charge is -2.27. The van der Waals surface area contributed by atoms with Gasteiger partial charge in [0.25, 0.3) is 0 Å². The molecule has 0 bridgehead atoms. The van der Waals surface area contributed by atoms with E-state index in [9.17, 15) is 9.50 Å². The molecule has 0 radical (unpaired) electrons. The largest absolute Gasteiger partial charge is 0.393 e. The van der Waals surface area contributed by atoms with Gasteiger partial charge >= 0.3 is 0 Å². The first-order valence-electron chi connectivity index (χ1n) is 8.25. The molecule has 7 heteroatoms. The van der Waals surface area contributed by atoms with Crippen LogP contribution in [0.5, 0.6) is 0 Å². The third-order valence-corrected chi connectivity index (χ3v) is 4.53. The Morgan fingerprint density at radius 1 is 1.33 bits per heavy atom. The van der Waals surface area contributed by atoms with Crippen molar-refractivity contribution in [2.45, 2.75) is 51.2 Å². The number of benzene rings is 1. The van der Waals surface area contributed by atoms with Crippen molar-refractivity contribution in [3.05, 3.63) is 34.1 Å². The van der Waals surface area contributed by atoms with Crippen LogP contribution in [0.2, 0.25) is 0 Å². The molecule has 0 atom stereocenters. The predicted octanol–water partition coefficient (Wildman–Crippen LogP) is 3.61. The fourth-order valence-corrected chi connectivity index (χ4v) is 3.17. The fourth-order valence-electron chi connectivity index (χ4n) is 2.76. The summed E-state index contributed by atoms with van der Waals surface area (Å²) in [6.07, 6.45) is 3.97. The van der Waals surface area contributed by atoms with Crippen LogP contribution < -0.4 is 10.6 Å². The number of aliphatic hydroxyl groups excluding tert-OH is 1. The quantitative estimate of drug-likeness (QED) is 0.320. The van der Waals surface area contributed by atoms with Crippen LogP contribution in [0.3, 0.4) is 0 Å². The van der Waals surface area contributed by atoms with E-state index in [-0.39, 0.29) is 35.9 Å². The number of hydrogen-bond acceptors (Lipinski definition) is 2. The zero-order valence-electron chi connectivity index (χ0n) is 13.9. The lowest BCUT2D eigenvalue weighted by Crippen LogP contribution is -2.45. The summed E-state index contributed by atoms with van der Waals surface area (Å²) >= 11 is 3.36. The fraction of sp³-hybridized carbons (Fsp3) is 0.588. The van der Waals surface area contributed by atoms with Crippen LogP contribution in [0.4, 0.5) is 4.39 Å². The Morgan fingerprint density at radius 2 is 2.04 bits per heavy atom. The lowest BCUT2D eigenvalue weighted by atomic mass is 9.93. The predicted molar refractivity (Wildman–Crippen MR) is 111 cm³/mol. The Hall–Kier alpha value is -0.410. The van der Waals surface area contributed by atoms with E-state index in [1.54, 1.807) is 12.1 Å². The minimum Gasteiger partial charge on any atom is -0.393 e. The molecule has 0 spiro atoms. The first-order valence-corrected chi connectivity index (χ1v) is 9.04. The third kappa shape index (κ3) is 7.23. The van der Waals surface area contributed by atoms with Crippen LogP contribution in [0, 0.1) is 5.82 Å². The SMILES string of the molecule is CCNC(=NCCc1cc(Br)ccc1F)NC1CCC(O)CC1.I. The van der Waals surface area contributed by atoms with Crippen molar-refractivity contribution in [1.82, 2.24) is 10.6 Å². The van der Waals surface area contributed by atoms with Crippen molar-refractivity contribution < 1.29 is 9.50 Å². The monoisotopic (exact) mass is 513 g/mol. The molecular formula is C17H26BrFIN3O. The van der Waals surface area contributed by atoms with E-state index in [2.05, 4.69) is 31.6 Å². The molecule has 24 heavy (non-hydrogen) atoms. The third-order valence-electron chi connectivity index (χ3n) is 4.04. The molecule has 2 rings (SSSR count). The number of nitrogens with zero attached hydrogens (tertiary/aromatic N) is 1. The van der Waals surface area contributed by atoms with Gasteiger partial charge in [-0.2, -0.15) is 0 Å². The van der Waals surface area contributed by atoms with E-state index < -0.39 is 0 Å². The first kappa shape index (κ1) is 21.6. The first-order chi connectivity index (χ1) is 11.1. The minimum absolute atomic E-state index is 0. The van der Waals surface area contributed by atoms with Gasteiger partial charge in [0.1, 0.15) is 5.82 Å². The molecule has 0 heterocycles. The second kappa shape index (κ2) is 11.3. The van der Waals surface area contributed by atoms with Crippen LogP contribution in [-0.2, 0) is 6.42 Å².